The summed E-state index contributed by atoms with van der Waals surface area (Å²) in [4.78, 5) is 26.9. The van der Waals surface area contributed by atoms with Crippen molar-refractivity contribution in [2.45, 2.75) is 13.8 Å². The predicted octanol–water partition coefficient (Wildman–Crippen LogP) is 0.570. The van der Waals surface area contributed by atoms with Crippen molar-refractivity contribution < 1.29 is 14.7 Å². The number of nitrogens with zero attached hydrogens (tertiary/aromatic N) is 3. The van der Waals surface area contributed by atoms with Crippen molar-refractivity contribution in [2.24, 2.45) is 5.41 Å². The van der Waals surface area contributed by atoms with Crippen molar-refractivity contribution in [3.63, 3.8) is 0 Å². The SMILES string of the molecule is CC(C)(CNC(=O)c1cnn2ccncc12)C(=O)O. The topological polar surface area (TPSA) is 96.6 Å². The molecule has 2 aromatic heterocycles. The first kappa shape index (κ1) is 13.0. The van der Waals surface area contributed by atoms with Gasteiger partial charge in [0.05, 0.1) is 28.9 Å². The number of aliphatic carboxylic acids is 1. The van der Waals surface area contributed by atoms with Gasteiger partial charge in [0.1, 0.15) is 0 Å². The zero-order valence-corrected chi connectivity index (χ0v) is 10.6. The van der Waals surface area contributed by atoms with Crippen LogP contribution in [0.5, 0.6) is 0 Å². The van der Waals surface area contributed by atoms with E-state index in [1.165, 1.54) is 16.9 Å². The molecule has 0 unspecified atom stereocenters. The smallest absolute Gasteiger partial charge is 0.310 e. The molecule has 2 N–H and O–H groups in total. The zero-order valence-electron chi connectivity index (χ0n) is 10.6. The number of rotatable bonds is 4. The molecule has 0 aliphatic carbocycles. The fraction of sp³-hybridized carbons (Fsp3) is 0.333. The van der Waals surface area contributed by atoms with E-state index in [9.17, 15) is 9.59 Å². The van der Waals surface area contributed by atoms with Crippen molar-refractivity contribution in [1.82, 2.24) is 19.9 Å². The van der Waals surface area contributed by atoms with Crippen molar-refractivity contribution in [2.75, 3.05) is 6.54 Å². The summed E-state index contributed by atoms with van der Waals surface area (Å²) in [6, 6.07) is 0. The Balaban J connectivity index is 2.15. The first-order valence-electron chi connectivity index (χ1n) is 5.71. The van der Waals surface area contributed by atoms with Gasteiger partial charge in [0, 0.05) is 18.9 Å². The van der Waals surface area contributed by atoms with Gasteiger partial charge in [-0.1, -0.05) is 0 Å². The quantitative estimate of drug-likeness (QED) is 0.839. The summed E-state index contributed by atoms with van der Waals surface area (Å²) < 4.78 is 1.53. The van der Waals surface area contributed by atoms with Gasteiger partial charge < -0.3 is 10.4 Å². The Labute approximate surface area is 109 Å². The van der Waals surface area contributed by atoms with Crippen LogP contribution in [0.1, 0.15) is 24.2 Å². The number of amides is 1. The highest BCUT2D eigenvalue weighted by Gasteiger charge is 2.28. The molecule has 2 rings (SSSR count). The third-order valence-corrected chi connectivity index (χ3v) is 2.84. The standard InChI is InChI=1S/C12H14N4O3/c1-12(2,11(18)19)7-14-10(17)8-5-15-16-4-3-13-6-9(8)16/h3-6H,7H2,1-2H3,(H,14,17)(H,18,19). The van der Waals surface area contributed by atoms with Gasteiger partial charge in [-0.25, -0.2) is 4.52 Å². The molecule has 7 nitrogen and oxygen atoms in total. The van der Waals surface area contributed by atoms with E-state index in [1.807, 2.05) is 0 Å². The average Bonchev–Trinajstić information content (AvgIpc) is 2.79. The zero-order chi connectivity index (χ0) is 14.0. The first-order chi connectivity index (χ1) is 8.92. The van der Waals surface area contributed by atoms with Gasteiger partial charge in [-0.2, -0.15) is 5.10 Å². The monoisotopic (exact) mass is 262 g/mol. The Kier molecular flexibility index (Phi) is 3.20. The molecule has 0 radical (unpaired) electrons. The second-order valence-electron chi connectivity index (χ2n) is 4.84. The van der Waals surface area contributed by atoms with Crippen LogP contribution in [0.4, 0.5) is 0 Å². The minimum absolute atomic E-state index is 0.0404. The number of hydrogen-bond donors (Lipinski definition) is 2. The van der Waals surface area contributed by atoms with Gasteiger partial charge in [-0.3, -0.25) is 14.6 Å². The molecule has 0 saturated heterocycles. The Morgan fingerprint density at radius 2 is 2.16 bits per heavy atom. The predicted molar refractivity (Wildman–Crippen MR) is 66.7 cm³/mol. The summed E-state index contributed by atoms with van der Waals surface area (Å²) in [6.45, 7) is 3.14. The van der Waals surface area contributed by atoms with Crippen molar-refractivity contribution >= 4 is 17.4 Å². The molecule has 0 aliphatic rings. The molecular weight excluding hydrogens is 248 g/mol. The summed E-state index contributed by atoms with van der Waals surface area (Å²) in [7, 11) is 0. The number of aromatic nitrogens is 3. The molecule has 0 fully saturated rings. The van der Waals surface area contributed by atoms with E-state index in [2.05, 4.69) is 15.4 Å². The second-order valence-corrected chi connectivity index (χ2v) is 4.84. The lowest BCUT2D eigenvalue weighted by molar-refractivity contribution is -0.146. The van der Waals surface area contributed by atoms with Gasteiger partial charge in [0.15, 0.2) is 0 Å². The Bertz CT molecular complexity index is 633. The fourth-order valence-electron chi connectivity index (χ4n) is 1.48. The number of carboxylic acid groups (broad SMARTS) is 1. The number of carbonyl (C=O) groups excluding carboxylic acids is 1. The number of carboxylic acids is 1. The van der Waals surface area contributed by atoms with Gasteiger partial charge >= 0.3 is 5.97 Å². The van der Waals surface area contributed by atoms with Crippen LogP contribution in [0, 0.1) is 5.41 Å². The molecular formula is C12H14N4O3. The molecule has 0 bridgehead atoms. The van der Waals surface area contributed by atoms with Crippen LogP contribution in [0.3, 0.4) is 0 Å². The molecule has 0 aromatic carbocycles. The second kappa shape index (κ2) is 4.68. The molecule has 0 spiro atoms. The molecule has 7 heteroatoms. The minimum Gasteiger partial charge on any atom is -0.481 e. The lowest BCUT2D eigenvalue weighted by Gasteiger charge is -2.19. The molecule has 0 atom stereocenters. The average molecular weight is 262 g/mol. The fourth-order valence-corrected chi connectivity index (χ4v) is 1.48. The number of fused-ring (bicyclic) bond motifs is 1. The summed E-state index contributed by atoms with van der Waals surface area (Å²) in [5, 5.41) is 15.6. The molecule has 0 aliphatic heterocycles. The number of nitrogens with one attached hydrogen (secondary N) is 1. The van der Waals surface area contributed by atoms with Crippen molar-refractivity contribution in [1.29, 1.82) is 0 Å². The van der Waals surface area contributed by atoms with E-state index >= 15 is 0 Å². The van der Waals surface area contributed by atoms with Crippen LogP contribution in [0.15, 0.2) is 24.8 Å². The maximum absolute atomic E-state index is 12.0. The van der Waals surface area contributed by atoms with Gasteiger partial charge in [-0.05, 0) is 13.8 Å². The number of hydrogen-bond acceptors (Lipinski definition) is 4. The summed E-state index contributed by atoms with van der Waals surface area (Å²) in [6.07, 6.45) is 6.16. The molecule has 2 heterocycles. The Hall–Kier alpha value is -2.44. The van der Waals surface area contributed by atoms with Crippen molar-refractivity contribution in [3.05, 3.63) is 30.4 Å². The van der Waals surface area contributed by atoms with Gasteiger partial charge in [0.2, 0.25) is 0 Å². The number of carbonyl (C=O) groups is 2. The highest BCUT2D eigenvalue weighted by molar-refractivity contribution is 6.00. The maximum atomic E-state index is 12.0. The largest absolute Gasteiger partial charge is 0.481 e. The van der Waals surface area contributed by atoms with Gasteiger partial charge in [0.25, 0.3) is 5.91 Å². The van der Waals surface area contributed by atoms with E-state index < -0.39 is 11.4 Å². The first-order valence-corrected chi connectivity index (χ1v) is 5.71. The third-order valence-electron chi connectivity index (χ3n) is 2.84. The highest BCUT2D eigenvalue weighted by Crippen LogP contribution is 2.14. The van der Waals surface area contributed by atoms with Crippen LogP contribution in [0.2, 0.25) is 0 Å². The van der Waals surface area contributed by atoms with E-state index in [0.29, 0.717) is 11.1 Å². The van der Waals surface area contributed by atoms with E-state index in [4.69, 9.17) is 5.11 Å². The van der Waals surface area contributed by atoms with Crippen molar-refractivity contribution in [3.8, 4) is 0 Å². The van der Waals surface area contributed by atoms with Crippen LogP contribution >= 0.6 is 0 Å². The summed E-state index contributed by atoms with van der Waals surface area (Å²) in [5.41, 5.74) is -0.0703. The van der Waals surface area contributed by atoms with E-state index in [0.717, 1.165) is 0 Å². The summed E-state index contributed by atoms with van der Waals surface area (Å²) >= 11 is 0. The molecule has 2 aromatic rings. The van der Waals surface area contributed by atoms with Gasteiger partial charge in [-0.15, -0.1) is 0 Å². The lowest BCUT2D eigenvalue weighted by Crippen LogP contribution is -2.38. The molecule has 1 amide bonds. The molecule has 19 heavy (non-hydrogen) atoms. The van der Waals surface area contributed by atoms with Crippen LogP contribution in [-0.4, -0.2) is 38.1 Å². The van der Waals surface area contributed by atoms with E-state index in [-0.39, 0.29) is 12.5 Å². The maximum Gasteiger partial charge on any atom is 0.310 e. The third kappa shape index (κ3) is 2.54. The Morgan fingerprint density at radius 1 is 1.42 bits per heavy atom. The highest BCUT2D eigenvalue weighted by atomic mass is 16.4. The van der Waals surface area contributed by atoms with Crippen LogP contribution in [0.25, 0.3) is 5.52 Å². The van der Waals surface area contributed by atoms with Crippen LogP contribution < -0.4 is 5.32 Å². The molecule has 0 saturated carbocycles. The normalized spacial score (nSPS) is 11.5. The van der Waals surface area contributed by atoms with E-state index in [1.54, 1.807) is 26.2 Å². The lowest BCUT2D eigenvalue weighted by atomic mass is 9.94. The molecule has 100 valence electrons. The minimum atomic E-state index is -1.02. The summed E-state index contributed by atoms with van der Waals surface area (Å²) in [5.74, 6) is -1.33. The van der Waals surface area contributed by atoms with Crippen LogP contribution in [-0.2, 0) is 4.79 Å². The Morgan fingerprint density at radius 3 is 2.84 bits per heavy atom.